The van der Waals surface area contributed by atoms with Gasteiger partial charge in [-0.3, -0.25) is 9.78 Å². The summed E-state index contributed by atoms with van der Waals surface area (Å²) < 4.78 is 3.70. The van der Waals surface area contributed by atoms with Crippen molar-refractivity contribution < 1.29 is 0 Å². The molecular weight excluding hydrogens is 320 g/mol. The third kappa shape index (κ3) is 2.79. The summed E-state index contributed by atoms with van der Waals surface area (Å²) >= 11 is 0. The Morgan fingerprint density at radius 2 is 2.12 bits per heavy atom. The fourth-order valence-electron chi connectivity index (χ4n) is 3.22. The van der Waals surface area contributed by atoms with E-state index < -0.39 is 0 Å². The molecule has 132 valence electrons. The number of aromatic nitrogens is 7. The summed E-state index contributed by atoms with van der Waals surface area (Å²) in [6, 6.07) is 0.139. The number of hydrogen-bond donors (Lipinski definition) is 2. The molecule has 9 heteroatoms. The number of nitrogens with zero attached hydrogens (tertiary/aromatic N) is 6. The molecule has 0 spiro atoms. The molecule has 0 fully saturated rings. The number of hydrogen-bond acceptors (Lipinski definition) is 6. The van der Waals surface area contributed by atoms with Gasteiger partial charge in [-0.2, -0.15) is 15.2 Å². The van der Waals surface area contributed by atoms with E-state index in [0.717, 1.165) is 24.5 Å². The monoisotopic (exact) mass is 342 g/mol. The lowest BCUT2D eigenvalue weighted by atomic mass is 10.1. The molecule has 3 aromatic rings. The van der Waals surface area contributed by atoms with Crippen molar-refractivity contribution in [2.45, 2.75) is 58.7 Å². The molecule has 0 saturated heterocycles. The number of anilines is 1. The van der Waals surface area contributed by atoms with Crippen LogP contribution < -0.4 is 10.9 Å². The highest BCUT2D eigenvalue weighted by atomic mass is 16.1. The molecule has 0 aromatic carbocycles. The third-order valence-electron chi connectivity index (χ3n) is 4.38. The highest BCUT2D eigenvalue weighted by molar-refractivity contribution is 5.74. The van der Waals surface area contributed by atoms with Crippen molar-refractivity contribution in [1.82, 2.24) is 34.5 Å². The lowest BCUT2D eigenvalue weighted by molar-refractivity contribution is 0.366. The van der Waals surface area contributed by atoms with Crippen LogP contribution in [0.2, 0.25) is 0 Å². The van der Waals surface area contributed by atoms with Crippen LogP contribution in [0.5, 0.6) is 0 Å². The maximum Gasteiger partial charge on any atom is 0.263 e. The van der Waals surface area contributed by atoms with E-state index in [9.17, 15) is 4.79 Å². The molecule has 0 saturated carbocycles. The summed E-state index contributed by atoms with van der Waals surface area (Å²) in [6.07, 6.45) is 3.34. The van der Waals surface area contributed by atoms with Crippen molar-refractivity contribution in [3.05, 3.63) is 28.2 Å². The molecule has 0 amide bonds. The van der Waals surface area contributed by atoms with Crippen LogP contribution in [0.1, 0.15) is 38.8 Å². The van der Waals surface area contributed by atoms with Gasteiger partial charge >= 0.3 is 0 Å². The van der Waals surface area contributed by atoms with E-state index in [1.54, 1.807) is 10.9 Å². The summed E-state index contributed by atoms with van der Waals surface area (Å²) in [4.78, 5) is 24.2. The van der Waals surface area contributed by atoms with Gasteiger partial charge in [0.05, 0.1) is 18.3 Å². The van der Waals surface area contributed by atoms with Gasteiger partial charge in [-0.05, 0) is 34.1 Å². The predicted octanol–water partition coefficient (Wildman–Crippen LogP) is 1.20. The molecule has 2 N–H and O–H groups in total. The lowest BCUT2D eigenvalue weighted by Gasteiger charge is -2.24. The quantitative estimate of drug-likeness (QED) is 0.725. The summed E-state index contributed by atoms with van der Waals surface area (Å²) in [7, 11) is 0. The molecular formula is C16H22N8O. The standard InChI is InChI=1S/C16H22N8O/c1-9-18-12-6-5-10(8-23(12)22-9)19-15-20-13-11(14(25)21-15)7-17-24(13)16(2,3)4/h7,10H,5-6,8H2,1-4H3,(H2,19,20,21,25). The Bertz CT molecular complexity index is 990. The molecule has 4 heterocycles. The first-order chi connectivity index (χ1) is 11.8. The maximum atomic E-state index is 12.4. The predicted molar refractivity (Wildman–Crippen MR) is 93.6 cm³/mol. The number of fused-ring (bicyclic) bond motifs is 2. The van der Waals surface area contributed by atoms with Crippen molar-refractivity contribution in [2.75, 3.05) is 5.32 Å². The minimum absolute atomic E-state index is 0.139. The van der Waals surface area contributed by atoms with E-state index in [4.69, 9.17) is 0 Å². The van der Waals surface area contributed by atoms with Gasteiger partial charge in [0.25, 0.3) is 5.56 Å². The SMILES string of the molecule is Cc1nc2n(n1)CC(Nc1nc3c(cnn3C(C)(C)C)c(=O)[nH]1)CC2. The zero-order valence-corrected chi connectivity index (χ0v) is 14.9. The summed E-state index contributed by atoms with van der Waals surface area (Å²) in [5.41, 5.74) is 0.153. The molecule has 1 aliphatic heterocycles. The topological polar surface area (TPSA) is 106 Å². The Kier molecular flexibility index (Phi) is 3.41. The van der Waals surface area contributed by atoms with E-state index >= 15 is 0 Å². The van der Waals surface area contributed by atoms with E-state index in [2.05, 4.69) is 30.5 Å². The smallest absolute Gasteiger partial charge is 0.263 e. The molecule has 0 bridgehead atoms. The average Bonchev–Trinajstić information content (AvgIpc) is 3.09. The Balaban J connectivity index is 1.65. The van der Waals surface area contributed by atoms with Crippen molar-refractivity contribution in [1.29, 1.82) is 0 Å². The Hall–Kier alpha value is -2.71. The van der Waals surface area contributed by atoms with Gasteiger partial charge in [-0.15, -0.1) is 0 Å². The number of aryl methyl sites for hydroxylation is 2. The van der Waals surface area contributed by atoms with Crippen molar-refractivity contribution in [3.63, 3.8) is 0 Å². The first-order valence-corrected chi connectivity index (χ1v) is 8.46. The van der Waals surface area contributed by atoms with Crippen LogP contribution in [0.15, 0.2) is 11.0 Å². The van der Waals surface area contributed by atoms with Gasteiger partial charge in [-0.25, -0.2) is 14.3 Å². The largest absolute Gasteiger partial charge is 0.351 e. The highest BCUT2D eigenvalue weighted by Gasteiger charge is 2.23. The van der Waals surface area contributed by atoms with Crippen LogP contribution in [-0.2, 0) is 18.5 Å². The highest BCUT2D eigenvalue weighted by Crippen LogP contribution is 2.20. The first kappa shape index (κ1) is 15.8. The molecule has 0 aliphatic carbocycles. The minimum Gasteiger partial charge on any atom is -0.351 e. The second kappa shape index (κ2) is 5.40. The van der Waals surface area contributed by atoms with Gasteiger partial charge in [0.15, 0.2) is 5.65 Å². The van der Waals surface area contributed by atoms with Gasteiger partial charge in [0, 0.05) is 12.5 Å². The van der Waals surface area contributed by atoms with Crippen LogP contribution in [0, 0.1) is 6.92 Å². The third-order valence-corrected chi connectivity index (χ3v) is 4.38. The summed E-state index contributed by atoms with van der Waals surface area (Å²) in [5.74, 6) is 2.27. The van der Waals surface area contributed by atoms with E-state index in [1.807, 2.05) is 32.4 Å². The van der Waals surface area contributed by atoms with Crippen LogP contribution in [-0.4, -0.2) is 40.6 Å². The van der Waals surface area contributed by atoms with Gasteiger partial charge in [0.2, 0.25) is 5.95 Å². The maximum absolute atomic E-state index is 12.4. The molecule has 9 nitrogen and oxygen atoms in total. The van der Waals surface area contributed by atoms with Crippen LogP contribution in [0.3, 0.4) is 0 Å². The normalized spacial score (nSPS) is 17.7. The summed E-state index contributed by atoms with van der Waals surface area (Å²) in [6.45, 7) is 8.70. The first-order valence-electron chi connectivity index (χ1n) is 8.46. The van der Waals surface area contributed by atoms with E-state index in [0.29, 0.717) is 23.5 Å². The second-order valence-electron chi connectivity index (χ2n) is 7.52. The molecule has 0 radical (unpaired) electrons. The van der Waals surface area contributed by atoms with E-state index in [-0.39, 0.29) is 17.1 Å². The molecule has 1 atom stereocenters. The number of nitrogens with one attached hydrogen (secondary N) is 2. The Morgan fingerprint density at radius 3 is 2.88 bits per heavy atom. The fraction of sp³-hybridized carbons (Fsp3) is 0.562. The summed E-state index contributed by atoms with van der Waals surface area (Å²) in [5, 5.41) is 12.6. The van der Waals surface area contributed by atoms with Gasteiger partial charge < -0.3 is 5.32 Å². The van der Waals surface area contributed by atoms with Crippen molar-refractivity contribution >= 4 is 17.0 Å². The molecule has 25 heavy (non-hydrogen) atoms. The van der Waals surface area contributed by atoms with Crippen molar-refractivity contribution in [3.8, 4) is 0 Å². The number of aromatic amines is 1. The van der Waals surface area contributed by atoms with Gasteiger partial charge in [0.1, 0.15) is 17.0 Å². The van der Waals surface area contributed by atoms with Crippen LogP contribution in [0.25, 0.3) is 11.0 Å². The van der Waals surface area contributed by atoms with Crippen molar-refractivity contribution in [2.24, 2.45) is 0 Å². The zero-order chi connectivity index (χ0) is 17.8. The molecule has 1 aliphatic rings. The Labute approximate surface area is 144 Å². The minimum atomic E-state index is -0.252. The second-order valence-corrected chi connectivity index (χ2v) is 7.52. The van der Waals surface area contributed by atoms with Gasteiger partial charge in [-0.1, -0.05) is 0 Å². The number of H-pyrrole nitrogens is 1. The van der Waals surface area contributed by atoms with Crippen LogP contribution in [0.4, 0.5) is 5.95 Å². The zero-order valence-electron chi connectivity index (χ0n) is 14.9. The molecule has 1 unspecified atom stereocenters. The van der Waals surface area contributed by atoms with E-state index in [1.165, 1.54) is 0 Å². The number of rotatable bonds is 2. The fourth-order valence-corrected chi connectivity index (χ4v) is 3.22. The molecule has 3 aromatic heterocycles. The Morgan fingerprint density at radius 1 is 1.32 bits per heavy atom. The average molecular weight is 342 g/mol. The van der Waals surface area contributed by atoms with Crippen LogP contribution >= 0.6 is 0 Å². The molecule has 4 rings (SSSR count). The lowest BCUT2D eigenvalue weighted by Crippen LogP contribution is -2.33.